The Morgan fingerprint density at radius 2 is 1.94 bits per heavy atom. The number of rotatable bonds is 1. The minimum Gasteiger partial charge on any atom is -0.478 e. The summed E-state index contributed by atoms with van der Waals surface area (Å²) in [6.45, 7) is 7.77. The van der Waals surface area contributed by atoms with Gasteiger partial charge in [-0.05, 0) is 12.1 Å². The van der Waals surface area contributed by atoms with Gasteiger partial charge >= 0.3 is 5.97 Å². The molecule has 1 aliphatic rings. The lowest BCUT2D eigenvalue weighted by molar-refractivity contribution is -0.142. The van der Waals surface area contributed by atoms with E-state index in [0.717, 1.165) is 0 Å². The van der Waals surface area contributed by atoms with Crippen molar-refractivity contribution in [2.75, 3.05) is 0 Å². The number of carboxylic acid groups (broad SMARTS) is 1. The van der Waals surface area contributed by atoms with Gasteiger partial charge < -0.3 is 14.6 Å². The van der Waals surface area contributed by atoms with Crippen molar-refractivity contribution >= 4 is 5.97 Å². The molecular formula is C13H16O4. The van der Waals surface area contributed by atoms with Crippen LogP contribution in [0.2, 0.25) is 0 Å². The third kappa shape index (κ3) is 1.73. The Morgan fingerprint density at radius 1 is 1.29 bits per heavy atom. The first-order valence-corrected chi connectivity index (χ1v) is 5.49. The highest BCUT2D eigenvalue weighted by atomic mass is 16.7. The molecule has 0 spiro atoms. The first kappa shape index (κ1) is 11.8. The van der Waals surface area contributed by atoms with Gasteiger partial charge in [0.2, 0.25) is 0 Å². The van der Waals surface area contributed by atoms with Crippen molar-refractivity contribution in [1.29, 1.82) is 0 Å². The molecule has 0 fully saturated rings. The number of fused-ring (bicyclic) bond motifs is 1. The van der Waals surface area contributed by atoms with Crippen LogP contribution >= 0.6 is 0 Å². The normalized spacial score (nSPS) is 22.6. The zero-order chi connectivity index (χ0) is 12.8. The van der Waals surface area contributed by atoms with Crippen LogP contribution in [0.4, 0.5) is 0 Å². The minimum absolute atomic E-state index is 0.135. The number of benzene rings is 1. The van der Waals surface area contributed by atoms with E-state index in [0.29, 0.717) is 11.5 Å². The summed E-state index contributed by atoms with van der Waals surface area (Å²) in [6.07, 6.45) is 0. The van der Waals surface area contributed by atoms with Crippen LogP contribution in [0.1, 0.15) is 38.1 Å². The summed E-state index contributed by atoms with van der Waals surface area (Å²) in [5.41, 5.74) is -0.127. The maximum absolute atomic E-state index is 11.1. The van der Waals surface area contributed by atoms with Crippen molar-refractivity contribution in [2.45, 2.75) is 33.5 Å². The number of ether oxygens (including phenoxy) is 2. The smallest absolute Gasteiger partial charge is 0.339 e. The molecule has 1 aromatic rings. The molecule has 0 radical (unpaired) electrons. The molecule has 1 atom stereocenters. The number of hydrogen-bond donors (Lipinski definition) is 1. The van der Waals surface area contributed by atoms with Gasteiger partial charge in [0.25, 0.3) is 5.79 Å². The van der Waals surface area contributed by atoms with Gasteiger partial charge in [-0.15, -0.1) is 0 Å². The summed E-state index contributed by atoms with van der Waals surface area (Å²) < 4.78 is 11.5. The van der Waals surface area contributed by atoms with Crippen molar-refractivity contribution < 1.29 is 19.4 Å². The van der Waals surface area contributed by atoms with E-state index in [2.05, 4.69) is 0 Å². The maximum atomic E-state index is 11.1. The van der Waals surface area contributed by atoms with Crippen molar-refractivity contribution in [3.05, 3.63) is 23.8 Å². The van der Waals surface area contributed by atoms with Crippen LogP contribution in [0.15, 0.2) is 18.2 Å². The van der Waals surface area contributed by atoms with Gasteiger partial charge in [-0.25, -0.2) is 4.79 Å². The Labute approximate surface area is 100 Å². The number of carbonyl (C=O) groups is 1. The van der Waals surface area contributed by atoms with Crippen LogP contribution in [-0.2, 0) is 0 Å². The van der Waals surface area contributed by atoms with Gasteiger partial charge in [-0.1, -0.05) is 26.8 Å². The van der Waals surface area contributed by atoms with Crippen LogP contribution in [0, 0.1) is 5.41 Å². The predicted molar refractivity (Wildman–Crippen MR) is 62.5 cm³/mol. The minimum atomic E-state index is -1.01. The lowest BCUT2D eigenvalue weighted by atomic mass is 9.87. The van der Waals surface area contributed by atoms with Gasteiger partial charge in [-0.2, -0.15) is 0 Å². The van der Waals surface area contributed by atoms with Gasteiger partial charge in [0.1, 0.15) is 5.56 Å². The first-order valence-electron chi connectivity index (χ1n) is 5.49. The molecule has 0 saturated heterocycles. The van der Waals surface area contributed by atoms with E-state index in [1.54, 1.807) is 12.1 Å². The predicted octanol–water partition coefficient (Wildman–Crippen LogP) is 2.92. The molecular weight excluding hydrogens is 220 g/mol. The second-order valence-electron chi connectivity index (χ2n) is 5.34. The summed E-state index contributed by atoms with van der Waals surface area (Å²) in [7, 11) is 0. The molecule has 1 aromatic carbocycles. The summed E-state index contributed by atoms with van der Waals surface area (Å²) >= 11 is 0. The SMILES string of the molecule is CC(C)(C)C1(C)Oc2cccc(C(=O)O)c2O1. The highest BCUT2D eigenvalue weighted by Gasteiger charge is 2.48. The number of para-hydroxylation sites is 1. The average molecular weight is 236 g/mol. The second-order valence-corrected chi connectivity index (χ2v) is 5.34. The summed E-state index contributed by atoms with van der Waals surface area (Å²) in [5, 5.41) is 9.09. The molecule has 1 heterocycles. The molecule has 0 bridgehead atoms. The highest BCUT2D eigenvalue weighted by Crippen LogP contribution is 2.48. The average Bonchev–Trinajstić information content (AvgIpc) is 2.53. The largest absolute Gasteiger partial charge is 0.478 e. The lowest BCUT2D eigenvalue weighted by Gasteiger charge is -2.35. The Balaban J connectivity index is 2.47. The van der Waals surface area contributed by atoms with Gasteiger partial charge in [0, 0.05) is 12.3 Å². The summed E-state index contributed by atoms with van der Waals surface area (Å²) in [6, 6.07) is 4.89. The molecule has 1 unspecified atom stereocenters. The molecule has 17 heavy (non-hydrogen) atoms. The van der Waals surface area contributed by atoms with Crippen molar-refractivity contribution in [2.24, 2.45) is 5.41 Å². The van der Waals surface area contributed by atoms with Crippen LogP contribution in [0.5, 0.6) is 11.5 Å². The molecule has 4 heteroatoms. The fourth-order valence-corrected chi connectivity index (χ4v) is 1.60. The standard InChI is InChI=1S/C13H16O4/c1-12(2,3)13(4)16-9-7-5-6-8(11(14)15)10(9)17-13/h5-7H,1-4H3,(H,14,15). The van der Waals surface area contributed by atoms with Crippen molar-refractivity contribution in [3.63, 3.8) is 0 Å². The molecule has 1 N–H and O–H groups in total. The van der Waals surface area contributed by atoms with Crippen molar-refractivity contribution in [1.82, 2.24) is 0 Å². The molecule has 0 saturated carbocycles. The van der Waals surface area contributed by atoms with Crippen LogP contribution < -0.4 is 9.47 Å². The van der Waals surface area contributed by atoms with E-state index in [9.17, 15) is 4.79 Å². The number of carboxylic acids is 1. The van der Waals surface area contributed by atoms with E-state index >= 15 is 0 Å². The third-order valence-electron chi connectivity index (χ3n) is 3.17. The van der Waals surface area contributed by atoms with E-state index in [-0.39, 0.29) is 11.0 Å². The molecule has 2 rings (SSSR count). The molecule has 0 amide bonds. The number of aromatic carboxylic acids is 1. The lowest BCUT2D eigenvalue weighted by Crippen LogP contribution is -2.47. The summed E-state index contributed by atoms with van der Waals surface area (Å²) in [5.74, 6) is -1.05. The molecule has 0 aromatic heterocycles. The zero-order valence-corrected chi connectivity index (χ0v) is 10.4. The van der Waals surface area contributed by atoms with Crippen LogP contribution in [0.3, 0.4) is 0 Å². The van der Waals surface area contributed by atoms with Gasteiger partial charge in [0.15, 0.2) is 11.5 Å². The maximum Gasteiger partial charge on any atom is 0.339 e. The quantitative estimate of drug-likeness (QED) is 0.814. The van der Waals surface area contributed by atoms with Gasteiger partial charge in [0.05, 0.1) is 0 Å². The monoisotopic (exact) mass is 236 g/mol. The van der Waals surface area contributed by atoms with E-state index in [1.165, 1.54) is 6.07 Å². The Morgan fingerprint density at radius 3 is 2.47 bits per heavy atom. The molecule has 4 nitrogen and oxygen atoms in total. The topological polar surface area (TPSA) is 55.8 Å². The Hall–Kier alpha value is -1.71. The van der Waals surface area contributed by atoms with E-state index in [1.807, 2.05) is 27.7 Å². The molecule has 0 aliphatic carbocycles. The fourth-order valence-electron chi connectivity index (χ4n) is 1.60. The second kappa shape index (κ2) is 3.39. The fraction of sp³-hybridized carbons (Fsp3) is 0.462. The molecule has 92 valence electrons. The van der Waals surface area contributed by atoms with E-state index < -0.39 is 11.8 Å². The Kier molecular flexibility index (Phi) is 2.35. The van der Waals surface area contributed by atoms with Gasteiger partial charge in [-0.3, -0.25) is 0 Å². The highest BCUT2D eigenvalue weighted by molar-refractivity contribution is 5.92. The summed E-state index contributed by atoms with van der Waals surface area (Å²) in [4.78, 5) is 11.1. The first-order chi connectivity index (χ1) is 7.74. The zero-order valence-electron chi connectivity index (χ0n) is 10.4. The number of hydrogen-bond acceptors (Lipinski definition) is 3. The Bertz CT molecular complexity index is 473. The van der Waals surface area contributed by atoms with Crippen LogP contribution in [0.25, 0.3) is 0 Å². The van der Waals surface area contributed by atoms with Crippen LogP contribution in [-0.4, -0.2) is 16.9 Å². The molecule has 1 aliphatic heterocycles. The third-order valence-corrected chi connectivity index (χ3v) is 3.17. The van der Waals surface area contributed by atoms with E-state index in [4.69, 9.17) is 14.6 Å². The van der Waals surface area contributed by atoms with Crippen molar-refractivity contribution in [3.8, 4) is 11.5 Å².